The van der Waals surface area contributed by atoms with E-state index in [0.29, 0.717) is 28.8 Å². The second-order valence-corrected chi connectivity index (χ2v) is 7.88. The van der Waals surface area contributed by atoms with Crippen molar-refractivity contribution in [2.24, 2.45) is 4.99 Å². The number of nitrogens with one attached hydrogen (secondary N) is 2. The third-order valence-corrected chi connectivity index (χ3v) is 5.96. The van der Waals surface area contributed by atoms with Crippen LogP contribution in [0.2, 0.25) is 0 Å². The number of rotatable bonds is 2. The summed E-state index contributed by atoms with van der Waals surface area (Å²) in [6, 6.07) is 22.6. The van der Waals surface area contributed by atoms with Crippen LogP contribution in [0.3, 0.4) is 0 Å². The molecule has 156 valence electrons. The van der Waals surface area contributed by atoms with Crippen LogP contribution in [0.4, 0.5) is 11.4 Å². The first kappa shape index (κ1) is 18.4. The Balaban J connectivity index is 1.57. The molecule has 1 unspecified atom stereocenters. The fourth-order valence-corrected chi connectivity index (χ4v) is 4.43. The van der Waals surface area contributed by atoms with Crippen LogP contribution >= 0.6 is 0 Å². The number of para-hydroxylation sites is 4. The number of anilines is 1. The number of H-pyrrole nitrogens is 1. The predicted molar refractivity (Wildman–Crippen MR) is 126 cm³/mol. The highest BCUT2D eigenvalue weighted by Crippen LogP contribution is 2.38. The molecule has 2 aromatic heterocycles. The molecule has 0 bridgehead atoms. The number of aromatic nitrogens is 1. The molecule has 0 aliphatic carbocycles. The number of fused-ring (bicyclic) bond motifs is 3. The first-order valence-corrected chi connectivity index (χ1v) is 10.4. The lowest BCUT2D eigenvalue weighted by Crippen LogP contribution is -2.19. The number of aromatic hydroxyl groups is 1. The molecule has 0 spiro atoms. The molecule has 32 heavy (non-hydrogen) atoms. The van der Waals surface area contributed by atoms with Crippen LogP contribution in [-0.2, 0) is 0 Å². The summed E-state index contributed by atoms with van der Waals surface area (Å²) < 4.78 is 5.53. The van der Waals surface area contributed by atoms with Gasteiger partial charge in [-0.3, -0.25) is 4.99 Å². The van der Waals surface area contributed by atoms with E-state index >= 15 is 0 Å². The molecule has 3 heterocycles. The van der Waals surface area contributed by atoms with E-state index in [2.05, 4.69) is 16.4 Å². The van der Waals surface area contributed by atoms with Gasteiger partial charge >= 0.3 is 5.63 Å². The number of hydrogen-bond acceptors (Lipinski definition) is 5. The smallest absolute Gasteiger partial charge is 0.349 e. The average molecular weight is 421 g/mol. The van der Waals surface area contributed by atoms with Crippen molar-refractivity contribution in [2.75, 3.05) is 5.32 Å². The monoisotopic (exact) mass is 421 g/mol. The van der Waals surface area contributed by atoms with Crippen molar-refractivity contribution in [1.29, 1.82) is 0 Å². The lowest BCUT2D eigenvalue weighted by molar-refractivity contribution is 0.466. The summed E-state index contributed by atoms with van der Waals surface area (Å²) in [5.74, 6) is -0.104. The third-order valence-electron chi connectivity index (χ3n) is 5.96. The van der Waals surface area contributed by atoms with Crippen LogP contribution in [0.1, 0.15) is 23.6 Å². The van der Waals surface area contributed by atoms with Gasteiger partial charge in [-0.05, 0) is 35.9 Å². The summed E-state index contributed by atoms with van der Waals surface area (Å²) in [5, 5.41) is 16.2. The minimum Gasteiger partial charge on any atom is -0.506 e. The zero-order valence-electron chi connectivity index (χ0n) is 17.0. The Labute approximate surface area is 182 Å². The first-order chi connectivity index (χ1) is 15.7. The van der Waals surface area contributed by atoms with E-state index in [9.17, 15) is 9.90 Å². The van der Waals surface area contributed by atoms with Crippen LogP contribution in [0, 0.1) is 0 Å². The summed E-state index contributed by atoms with van der Waals surface area (Å²) in [6.45, 7) is 0. The zero-order chi connectivity index (χ0) is 21.7. The minimum atomic E-state index is -0.600. The zero-order valence-corrected chi connectivity index (χ0v) is 17.0. The summed E-state index contributed by atoms with van der Waals surface area (Å²) in [5.41, 5.74) is 4.00. The van der Waals surface area contributed by atoms with Crippen LogP contribution in [0.15, 0.2) is 93.2 Å². The molecule has 1 atom stereocenters. The first-order valence-electron chi connectivity index (χ1n) is 10.4. The highest BCUT2D eigenvalue weighted by Gasteiger charge is 2.27. The highest BCUT2D eigenvalue weighted by atomic mass is 16.4. The van der Waals surface area contributed by atoms with Crippen molar-refractivity contribution in [3.63, 3.8) is 0 Å². The number of hydrogen-bond donors (Lipinski definition) is 3. The summed E-state index contributed by atoms with van der Waals surface area (Å²) in [6.07, 6.45) is 2.38. The Kier molecular flexibility index (Phi) is 4.11. The van der Waals surface area contributed by atoms with E-state index < -0.39 is 5.63 Å². The normalized spacial score (nSPS) is 15.8. The molecule has 3 N–H and O–H groups in total. The maximum Gasteiger partial charge on any atom is 0.349 e. The van der Waals surface area contributed by atoms with E-state index in [1.54, 1.807) is 24.3 Å². The standard InChI is InChI=1S/C26H19N3O3/c30-25-16-8-2-6-12-23(16)32-26(31)24(25)22-13-21(28-19-10-4-5-11-20(19)29-22)17-14-27-18-9-3-1-7-15(17)18/h1-12,14,21,27-28,30H,13H2. The fraction of sp³-hybridized carbons (Fsp3) is 0.0769. The van der Waals surface area contributed by atoms with Gasteiger partial charge in [0, 0.05) is 23.5 Å². The predicted octanol–water partition coefficient (Wildman–Crippen LogP) is 5.66. The Morgan fingerprint density at radius 1 is 0.938 bits per heavy atom. The van der Waals surface area contributed by atoms with Crippen molar-refractivity contribution in [2.45, 2.75) is 12.5 Å². The van der Waals surface area contributed by atoms with Gasteiger partial charge in [0.05, 0.1) is 28.5 Å². The van der Waals surface area contributed by atoms with Gasteiger partial charge in [-0.15, -0.1) is 0 Å². The second-order valence-electron chi connectivity index (χ2n) is 7.88. The average Bonchev–Trinajstić information content (AvgIpc) is 3.14. The molecule has 5 aromatic rings. The molecular weight excluding hydrogens is 402 g/mol. The summed E-state index contributed by atoms with van der Waals surface area (Å²) >= 11 is 0. The molecule has 1 aliphatic heterocycles. The summed E-state index contributed by atoms with van der Waals surface area (Å²) in [7, 11) is 0. The molecule has 6 rings (SSSR count). The molecule has 0 saturated carbocycles. The van der Waals surface area contributed by atoms with Gasteiger partial charge in [-0.1, -0.05) is 42.5 Å². The molecular formula is C26H19N3O3. The molecule has 0 fully saturated rings. The molecule has 0 amide bonds. The number of aromatic amines is 1. The van der Waals surface area contributed by atoms with Crippen molar-refractivity contribution in [1.82, 2.24) is 4.98 Å². The van der Waals surface area contributed by atoms with Crippen molar-refractivity contribution >= 4 is 39.0 Å². The third kappa shape index (κ3) is 2.88. The molecule has 1 aliphatic rings. The SMILES string of the molecule is O=c1oc2ccccc2c(O)c1C1=Nc2ccccc2NC(c2c[nH]c3ccccc23)C1. The van der Waals surface area contributed by atoms with Gasteiger partial charge in [0.15, 0.2) is 0 Å². The number of nitrogens with zero attached hydrogens (tertiary/aromatic N) is 1. The molecule has 6 nitrogen and oxygen atoms in total. The molecule has 0 saturated heterocycles. The van der Waals surface area contributed by atoms with Crippen LogP contribution in [-0.4, -0.2) is 15.8 Å². The Hall–Kier alpha value is -4.32. The van der Waals surface area contributed by atoms with Gasteiger partial charge < -0.3 is 19.8 Å². The number of benzene rings is 3. The quantitative estimate of drug-likeness (QED) is 0.321. The van der Waals surface area contributed by atoms with E-state index in [0.717, 1.165) is 22.2 Å². The largest absolute Gasteiger partial charge is 0.506 e. The van der Waals surface area contributed by atoms with Gasteiger partial charge in [-0.25, -0.2) is 4.79 Å². The van der Waals surface area contributed by atoms with Gasteiger partial charge in [-0.2, -0.15) is 0 Å². The fourth-order valence-electron chi connectivity index (χ4n) is 4.43. The number of aliphatic imine (C=N–C) groups is 1. The van der Waals surface area contributed by atoms with E-state index in [1.807, 2.05) is 48.7 Å². The lowest BCUT2D eigenvalue weighted by Gasteiger charge is -2.18. The Morgan fingerprint density at radius 3 is 2.59 bits per heavy atom. The van der Waals surface area contributed by atoms with Crippen LogP contribution in [0.25, 0.3) is 21.9 Å². The van der Waals surface area contributed by atoms with Crippen molar-refractivity contribution in [3.05, 3.63) is 101 Å². The van der Waals surface area contributed by atoms with Crippen molar-refractivity contribution in [3.8, 4) is 5.75 Å². The van der Waals surface area contributed by atoms with Crippen LogP contribution < -0.4 is 10.9 Å². The molecule has 0 radical (unpaired) electrons. The maximum atomic E-state index is 12.9. The molecule has 3 aromatic carbocycles. The highest BCUT2D eigenvalue weighted by molar-refractivity contribution is 6.08. The Morgan fingerprint density at radius 2 is 1.69 bits per heavy atom. The van der Waals surface area contributed by atoms with Gasteiger partial charge in [0.1, 0.15) is 16.9 Å². The minimum absolute atomic E-state index is 0.104. The van der Waals surface area contributed by atoms with E-state index in [-0.39, 0.29) is 17.4 Å². The van der Waals surface area contributed by atoms with Gasteiger partial charge in [0.25, 0.3) is 0 Å². The van der Waals surface area contributed by atoms with Crippen molar-refractivity contribution < 1.29 is 9.52 Å². The molecule has 6 heteroatoms. The second kappa shape index (κ2) is 7.13. The van der Waals surface area contributed by atoms with Crippen LogP contribution in [0.5, 0.6) is 5.75 Å². The van der Waals surface area contributed by atoms with Gasteiger partial charge in [0.2, 0.25) is 0 Å². The summed E-state index contributed by atoms with van der Waals surface area (Å²) in [4.78, 5) is 21.1. The maximum absolute atomic E-state index is 12.9. The topological polar surface area (TPSA) is 90.6 Å². The Bertz CT molecular complexity index is 1580. The van der Waals surface area contributed by atoms with E-state index in [1.165, 1.54) is 0 Å². The lowest BCUT2D eigenvalue weighted by atomic mass is 9.96. The van der Waals surface area contributed by atoms with E-state index in [4.69, 9.17) is 9.41 Å².